The molecule has 0 unspecified atom stereocenters. The van der Waals surface area contributed by atoms with Crippen LogP contribution in [-0.2, 0) is 4.74 Å². The van der Waals surface area contributed by atoms with E-state index in [1.807, 2.05) is 0 Å². The first-order chi connectivity index (χ1) is 8.07. The normalized spacial score (nSPS) is 54.4. The summed E-state index contributed by atoms with van der Waals surface area (Å²) < 4.78 is 5.58. The van der Waals surface area contributed by atoms with E-state index in [1.54, 1.807) is 0 Å². The third-order valence-corrected chi connectivity index (χ3v) is 6.58. The third kappa shape index (κ3) is 1.01. The quantitative estimate of drug-likeness (QED) is 0.653. The van der Waals surface area contributed by atoms with E-state index in [0.717, 1.165) is 18.3 Å². The summed E-state index contributed by atoms with van der Waals surface area (Å²) in [7, 11) is 0. The van der Waals surface area contributed by atoms with E-state index in [1.165, 1.54) is 24.8 Å². The number of rotatable bonds is 0. The van der Waals surface area contributed by atoms with Gasteiger partial charge in [-0.2, -0.15) is 0 Å². The van der Waals surface area contributed by atoms with Crippen LogP contribution in [-0.4, -0.2) is 18.0 Å². The van der Waals surface area contributed by atoms with Crippen LogP contribution in [0, 0.1) is 28.6 Å². The smallest absolute Gasteiger partial charge is 0.158 e. The number of hydrogen-bond acceptors (Lipinski definition) is 2. The van der Waals surface area contributed by atoms with Crippen LogP contribution in [0.5, 0.6) is 0 Å². The highest BCUT2D eigenvalue weighted by Crippen LogP contribution is 2.73. The summed E-state index contributed by atoms with van der Waals surface area (Å²) in [4.78, 5) is 0. The highest BCUT2D eigenvalue weighted by molar-refractivity contribution is 5.32. The van der Waals surface area contributed by atoms with Gasteiger partial charge in [-0.3, -0.25) is 0 Å². The van der Waals surface area contributed by atoms with Gasteiger partial charge in [0.1, 0.15) is 0 Å². The van der Waals surface area contributed by atoms with Crippen molar-refractivity contribution in [1.82, 2.24) is 0 Å². The van der Waals surface area contributed by atoms with E-state index in [2.05, 4.69) is 19.9 Å². The number of allylic oxidation sites excluding steroid dienone is 1. The Morgan fingerprint density at radius 1 is 1.35 bits per heavy atom. The molecule has 0 aromatic carbocycles. The molecule has 1 aliphatic heterocycles. The van der Waals surface area contributed by atoms with Gasteiger partial charge in [-0.15, -0.1) is 0 Å². The van der Waals surface area contributed by atoms with Crippen molar-refractivity contribution in [3.63, 3.8) is 0 Å². The average molecular weight is 234 g/mol. The predicted octanol–water partition coefficient (Wildman–Crippen LogP) is 2.72. The molecule has 4 aliphatic rings. The molecular weight excluding hydrogens is 212 g/mol. The van der Waals surface area contributed by atoms with Gasteiger partial charge in [0.15, 0.2) is 6.29 Å². The molecule has 3 aliphatic carbocycles. The van der Waals surface area contributed by atoms with E-state index < -0.39 is 6.29 Å². The number of fused-ring (bicyclic) bond motifs is 1. The van der Waals surface area contributed by atoms with Crippen molar-refractivity contribution in [2.45, 2.75) is 45.8 Å². The van der Waals surface area contributed by atoms with Gasteiger partial charge in [-0.25, -0.2) is 0 Å². The van der Waals surface area contributed by atoms with Crippen molar-refractivity contribution in [2.24, 2.45) is 28.6 Å². The third-order valence-electron chi connectivity index (χ3n) is 6.58. The summed E-state index contributed by atoms with van der Waals surface area (Å²) >= 11 is 0. The van der Waals surface area contributed by atoms with Crippen LogP contribution in [0.1, 0.15) is 39.5 Å². The van der Waals surface area contributed by atoms with E-state index in [4.69, 9.17) is 4.74 Å². The monoisotopic (exact) mass is 234 g/mol. The Bertz CT molecular complexity index is 398. The zero-order valence-electron chi connectivity index (χ0n) is 10.8. The average Bonchev–Trinajstić information content (AvgIpc) is 2.74. The molecule has 0 radical (unpaired) electrons. The summed E-state index contributed by atoms with van der Waals surface area (Å²) in [5.41, 5.74) is 2.28. The number of hydrogen-bond donors (Lipinski definition) is 1. The van der Waals surface area contributed by atoms with Crippen LogP contribution in [0.15, 0.2) is 11.6 Å². The van der Waals surface area contributed by atoms with Gasteiger partial charge < -0.3 is 9.84 Å². The predicted molar refractivity (Wildman–Crippen MR) is 65.2 cm³/mol. The maximum absolute atomic E-state index is 10.2. The van der Waals surface area contributed by atoms with Crippen molar-refractivity contribution in [3.8, 4) is 0 Å². The summed E-state index contributed by atoms with van der Waals surface area (Å²) in [6, 6.07) is 0. The van der Waals surface area contributed by atoms with Crippen molar-refractivity contribution >= 4 is 0 Å². The zero-order valence-corrected chi connectivity index (χ0v) is 10.8. The lowest BCUT2D eigenvalue weighted by Gasteiger charge is -2.46. The number of aliphatic hydroxyl groups excluding tert-OH is 1. The number of ether oxygens (including phenoxy) is 1. The van der Waals surface area contributed by atoms with Crippen LogP contribution in [0.25, 0.3) is 0 Å². The topological polar surface area (TPSA) is 29.5 Å². The van der Waals surface area contributed by atoms with Gasteiger partial charge >= 0.3 is 0 Å². The highest BCUT2D eigenvalue weighted by Gasteiger charge is 2.68. The lowest BCUT2D eigenvalue weighted by Crippen LogP contribution is -2.46. The summed E-state index contributed by atoms with van der Waals surface area (Å²) in [6.07, 6.45) is 6.91. The summed E-state index contributed by atoms with van der Waals surface area (Å²) in [6.45, 7) is 5.59. The molecule has 5 atom stereocenters. The van der Waals surface area contributed by atoms with E-state index in [0.29, 0.717) is 23.4 Å². The molecule has 2 nitrogen and oxygen atoms in total. The SMILES string of the molecule is CC1(C)[C@@H]2CC=C3CO[C@@H](O)[C@@H]4CC[C@@H]1[C@]34C2. The van der Waals surface area contributed by atoms with Gasteiger partial charge in [0.2, 0.25) is 0 Å². The van der Waals surface area contributed by atoms with Crippen LogP contribution in [0.2, 0.25) is 0 Å². The molecule has 1 spiro atoms. The maximum atomic E-state index is 10.2. The Morgan fingerprint density at radius 3 is 3.00 bits per heavy atom. The largest absolute Gasteiger partial charge is 0.368 e. The van der Waals surface area contributed by atoms with Crippen molar-refractivity contribution in [2.75, 3.05) is 6.61 Å². The molecule has 2 saturated carbocycles. The van der Waals surface area contributed by atoms with Crippen LogP contribution in [0.4, 0.5) is 0 Å². The fraction of sp³-hybridized carbons (Fsp3) is 0.867. The maximum Gasteiger partial charge on any atom is 0.158 e. The molecule has 1 N–H and O–H groups in total. The summed E-state index contributed by atoms with van der Waals surface area (Å²) in [5, 5.41) is 10.2. The second kappa shape index (κ2) is 2.97. The van der Waals surface area contributed by atoms with E-state index >= 15 is 0 Å². The van der Waals surface area contributed by atoms with E-state index in [9.17, 15) is 5.11 Å². The van der Waals surface area contributed by atoms with Gasteiger partial charge in [-0.1, -0.05) is 19.9 Å². The first kappa shape index (κ1) is 10.6. The Balaban J connectivity index is 1.89. The first-order valence-electron chi connectivity index (χ1n) is 7.06. The van der Waals surface area contributed by atoms with Crippen LogP contribution < -0.4 is 0 Å². The standard InChI is InChI=1S/C15H22O2/c1-14(2)9-3-4-10-8-17-13(16)11-5-6-12(14)15(10,11)7-9/h4,9,11-13,16H,3,5-8H2,1-2H3/t9-,11+,12+,13-,15-/m1/s1. The highest BCUT2D eigenvalue weighted by atomic mass is 16.6. The molecule has 0 aromatic heterocycles. The zero-order chi connectivity index (χ0) is 11.8. The van der Waals surface area contributed by atoms with Gasteiger partial charge in [0.05, 0.1) is 6.61 Å². The van der Waals surface area contributed by atoms with Crippen molar-refractivity contribution in [1.29, 1.82) is 0 Å². The minimum absolute atomic E-state index is 0.310. The lowest BCUT2D eigenvalue weighted by atomic mass is 9.63. The first-order valence-corrected chi connectivity index (χ1v) is 7.06. The Labute approximate surface area is 103 Å². The van der Waals surface area contributed by atoms with Crippen molar-refractivity contribution in [3.05, 3.63) is 11.6 Å². The molecule has 0 aromatic rings. The minimum atomic E-state index is -0.509. The van der Waals surface area contributed by atoms with Gasteiger partial charge in [-0.05, 0) is 48.5 Å². The van der Waals surface area contributed by atoms with Gasteiger partial charge in [0.25, 0.3) is 0 Å². The van der Waals surface area contributed by atoms with Crippen LogP contribution >= 0.6 is 0 Å². The molecule has 0 amide bonds. The Hall–Kier alpha value is -0.340. The van der Waals surface area contributed by atoms with Crippen molar-refractivity contribution < 1.29 is 9.84 Å². The number of aliphatic hydroxyl groups is 1. The van der Waals surface area contributed by atoms with Crippen LogP contribution in [0.3, 0.4) is 0 Å². The fourth-order valence-electron chi connectivity index (χ4n) is 5.74. The molecule has 94 valence electrons. The molecule has 2 heteroatoms. The molecule has 3 fully saturated rings. The second-order valence-corrected chi connectivity index (χ2v) is 7.17. The van der Waals surface area contributed by atoms with E-state index in [-0.39, 0.29) is 0 Å². The van der Waals surface area contributed by atoms with Gasteiger partial charge in [0, 0.05) is 11.3 Å². The molecule has 17 heavy (non-hydrogen) atoms. The Morgan fingerprint density at radius 2 is 2.18 bits per heavy atom. The summed E-state index contributed by atoms with van der Waals surface area (Å²) in [5.74, 6) is 1.97. The fourth-order valence-corrected chi connectivity index (χ4v) is 5.74. The second-order valence-electron chi connectivity index (χ2n) is 7.17. The molecule has 2 bridgehead atoms. The molecule has 4 rings (SSSR count). The lowest BCUT2D eigenvalue weighted by molar-refractivity contribution is -0.177. The molecular formula is C15H22O2. The Kier molecular flexibility index (Phi) is 1.85. The molecule has 1 heterocycles. The molecule has 1 saturated heterocycles. The minimum Gasteiger partial charge on any atom is -0.368 e.